The first-order valence-corrected chi connectivity index (χ1v) is 11.5. The molecule has 0 bridgehead atoms. The van der Waals surface area contributed by atoms with Crippen LogP contribution in [0.4, 0.5) is 26.5 Å². The lowest BCUT2D eigenvalue weighted by molar-refractivity contribution is 0.262. The summed E-state index contributed by atoms with van der Waals surface area (Å²) in [6, 6.07) is 22.3. The summed E-state index contributed by atoms with van der Waals surface area (Å²) >= 11 is 0. The summed E-state index contributed by atoms with van der Waals surface area (Å²) in [7, 11) is 3.30. The van der Waals surface area contributed by atoms with Crippen LogP contribution in [0.5, 0.6) is 0 Å². The van der Waals surface area contributed by atoms with Gasteiger partial charge in [0.1, 0.15) is 11.5 Å². The number of anilines is 3. The van der Waals surface area contributed by atoms with E-state index in [1.165, 1.54) is 22.8 Å². The van der Waals surface area contributed by atoms with Gasteiger partial charge in [-0.3, -0.25) is 9.36 Å². The van der Waals surface area contributed by atoms with Crippen molar-refractivity contribution >= 4 is 34.4 Å². The molecule has 184 valence electrons. The van der Waals surface area contributed by atoms with Crippen LogP contribution in [0, 0.1) is 5.82 Å². The molecule has 5 aromatic rings. The summed E-state index contributed by atoms with van der Waals surface area (Å²) in [6.07, 6.45) is 1.61. The number of pyridine rings is 1. The van der Waals surface area contributed by atoms with Crippen LogP contribution in [-0.4, -0.2) is 27.6 Å². The highest BCUT2D eigenvalue weighted by Gasteiger charge is 2.14. The van der Waals surface area contributed by atoms with Crippen molar-refractivity contribution in [2.24, 2.45) is 7.05 Å². The summed E-state index contributed by atoms with van der Waals surface area (Å²) in [6.45, 7) is 0. The van der Waals surface area contributed by atoms with Crippen LogP contribution in [0.3, 0.4) is 0 Å². The van der Waals surface area contributed by atoms with Crippen molar-refractivity contribution in [2.45, 2.75) is 0 Å². The van der Waals surface area contributed by atoms with Gasteiger partial charge in [0.15, 0.2) is 0 Å². The zero-order valence-electron chi connectivity index (χ0n) is 20.1. The van der Waals surface area contributed by atoms with Gasteiger partial charge in [0.2, 0.25) is 5.95 Å². The van der Waals surface area contributed by atoms with Crippen molar-refractivity contribution in [1.29, 1.82) is 0 Å². The number of rotatable bonds is 5. The minimum Gasteiger partial charge on any atom is -0.357 e. The molecule has 37 heavy (non-hydrogen) atoms. The van der Waals surface area contributed by atoms with Crippen LogP contribution in [0.25, 0.3) is 33.3 Å². The summed E-state index contributed by atoms with van der Waals surface area (Å²) in [5.74, 6) is -0.236. The van der Waals surface area contributed by atoms with Gasteiger partial charge in [-0.15, -0.1) is 0 Å². The van der Waals surface area contributed by atoms with Crippen LogP contribution in [0.2, 0.25) is 0 Å². The highest BCUT2D eigenvalue weighted by atomic mass is 19.1. The van der Waals surface area contributed by atoms with Crippen LogP contribution < -0.4 is 21.5 Å². The van der Waals surface area contributed by atoms with Crippen LogP contribution >= 0.6 is 0 Å². The second-order valence-corrected chi connectivity index (χ2v) is 8.37. The molecule has 9 heteroatoms. The number of carbonyl (C=O) groups is 1. The lowest BCUT2D eigenvalue weighted by atomic mass is 10.0. The van der Waals surface area contributed by atoms with E-state index in [1.54, 1.807) is 32.4 Å². The summed E-state index contributed by atoms with van der Waals surface area (Å²) in [5.41, 5.74) is 3.37. The molecule has 8 nitrogen and oxygen atoms in total. The zero-order valence-corrected chi connectivity index (χ0v) is 20.1. The van der Waals surface area contributed by atoms with Crippen molar-refractivity contribution in [3.8, 4) is 22.3 Å². The minimum atomic E-state index is -0.628. The average Bonchev–Trinajstić information content (AvgIpc) is 2.92. The van der Waals surface area contributed by atoms with Crippen molar-refractivity contribution in [3.05, 3.63) is 101 Å². The van der Waals surface area contributed by atoms with Gasteiger partial charge in [0.05, 0.1) is 5.69 Å². The first kappa shape index (κ1) is 23.7. The first-order chi connectivity index (χ1) is 17.9. The maximum absolute atomic E-state index is 14.6. The largest absolute Gasteiger partial charge is 0.357 e. The SMILES string of the molecule is CNc1ncc2cc(-c3ccc(F)c(NC(=O)Nc4cccc(-c5ccccc5)c4)c3)c(=O)n(C)c2n1. The van der Waals surface area contributed by atoms with Gasteiger partial charge in [-0.25, -0.2) is 14.2 Å². The number of hydrogen-bond donors (Lipinski definition) is 3. The Hall–Kier alpha value is -5.05. The lowest BCUT2D eigenvalue weighted by Gasteiger charge is -2.12. The van der Waals surface area contributed by atoms with E-state index < -0.39 is 11.8 Å². The second kappa shape index (κ2) is 9.90. The number of amides is 2. The molecule has 0 unspecified atom stereocenters. The molecule has 0 saturated heterocycles. The smallest absolute Gasteiger partial charge is 0.323 e. The van der Waals surface area contributed by atoms with Crippen LogP contribution in [0.15, 0.2) is 89.9 Å². The third kappa shape index (κ3) is 4.87. The maximum Gasteiger partial charge on any atom is 0.323 e. The normalized spacial score (nSPS) is 10.8. The number of aromatic nitrogens is 3. The monoisotopic (exact) mass is 494 g/mol. The molecule has 2 aromatic heterocycles. The fraction of sp³-hybridized carbons (Fsp3) is 0.0714. The fourth-order valence-electron chi connectivity index (χ4n) is 4.05. The van der Waals surface area contributed by atoms with Gasteiger partial charge in [0, 0.05) is 36.9 Å². The Balaban J connectivity index is 1.41. The Bertz CT molecular complexity index is 1680. The minimum absolute atomic E-state index is 0.0573. The Morgan fingerprint density at radius 2 is 1.68 bits per heavy atom. The standard InChI is InChI=1S/C28H23FN6O2/c1-30-27-31-16-20-14-22(26(36)35(2)25(20)34-27)19-11-12-23(29)24(15-19)33-28(37)32-21-10-6-9-18(13-21)17-7-4-3-5-8-17/h3-16H,1-2H3,(H,30,31,34)(H2,32,33,37). The van der Waals surface area contributed by atoms with Crippen molar-refractivity contribution < 1.29 is 9.18 Å². The fourth-order valence-corrected chi connectivity index (χ4v) is 4.05. The third-order valence-corrected chi connectivity index (χ3v) is 5.93. The molecule has 3 aromatic carbocycles. The molecule has 0 spiro atoms. The predicted octanol–water partition coefficient (Wildman–Crippen LogP) is 5.49. The number of nitrogens with one attached hydrogen (secondary N) is 3. The van der Waals surface area contributed by atoms with Crippen LogP contribution in [0.1, 0.15) is 0 Å². The number of hydrogen-bond acceptors (Lipinski definition) is 5. The first-order valence-electron chi connectivity index (χ1n) is 11.5. The molecular weight excluding hydrogens is 471 g/mol. The second-order valence-electron chi connectivity index (χ2n) is 8.37. The molecule has 5 rings (SSSR count). The molecule has 2 heterocycles. The van der Waals surface area contributed by atoms with E-state index in [4.69, 9.17) is 0 Å². The number of halogens is 1. The number of aryl methyl sites for hydroxylation is 1. The summed E-state index contributed by atoms with van der Waals surface area (Å²) in [4.78, 5) is 34.3. The van der Waals surface area contributed by atoms with E-state index in [0.29, 0.717) is 33.8 Å². The number of benzene rings is 3. The number of fused-ring (bicyclic) bond motifs is 1. The van der Waals surface area contributed by atoms with Gasteiger partial charge in [-0.05, 0) is 47.0 Å². The molecular formula is C28H23FN6O2. The van der Waals surface area contributed by atoms with E-state index >= 15 is 0 Å². The zero-order chi connectivity index (χ0) is 25.9. The molecule has 0 fully saturated rings. The quantitative estimate of drug-likeness (QED) is 0.300. The Morgan fingerprint density at radius 1 is 0.892 bits per heavy atom. The van der Waals surface area contributed by atoms with Gasteiger partial charge in [-0.2, -0.15) is 4.98 Å². The molecule has 2 amide bonds. The summed E-state index contributed by atoms with van der Waals surface area (Å²) in [5, 5.41) is 8.78. The molecule has 0 saturated carbocycles. The molecule has 3 N–H and O–H groups in total. The summed E-state index contributed by atoms with van der Waals surface area (Å²) < 4.78 is 16.0. The number of carbonyl (C=O) groups excluding carboxylic acids is 1. The Morgan fingerprint density at radius 3 is 2.46 bits per heavy atom. The predicted molar refractivity (Wildman–Crippen MR) is 144 cm³/mol. The Labute approximate surface area is 211 Å². The van der Waals surface area contributed by atoms with Gasteiger partial charge in [0.25, 0.3) is 5.56 Å². The topological polar surface area (TPSA) is 101 Å². The van der Waals surface area contributed by atoms with Crippen LogP contribution in [-0.2, 0) is 7.05 Å². The molecule has 0 atom stereocenters. The van der Waals surface area contributed by atoms with E-state index in [-0.39, 0.29) is 11.2 Å². The van der Waals surface area contributed by atoms with Gasteiger partial charge in [-0.1, -0.05) is 48.5 Å². The van der Waals surface area contributed by atoms with E-state index in [0.717, 1.165) is 11.1 Å². The maximum atomic E-state index is 14.6. The van der Waals surface area contributed by atoms with Crippen molar-refractivity contribution in [2.75, 3.05) is 23.0 Å². The molecule has 0 aliphatic rings. The highest BCUT2D eigenvalue weighted by Crippen LogP contribution is 2.26. The number of nitrogens with zero attached hydrogens (tertiary/aromatic N) is 3. The average molecular weight is 495 g/mol. The molecule has 0 radical (unpaired) electrons. The third-order valence-electron chi connectivity index (χ3n) is 5.93. The number of urea groups is 1. The highest BCUT2D eigenvalue weighted by molar-refractivity contribution is 6.00. The van der Waals surface area contributed by atoms with Crippen molar-refractivity contribution in [3.63, 3.8) is 0 Å². The van der Waals surface area contributed by atoms with Crippen molar-refractivity contribution in [1.82, 2.24) is 14.5 Å². The van der Waals surface area contributed by atoms with Gasteiger partial charge < -0.3 is 16.0 Å². The molecule has 0 aliphatic carbocycles. The lowest BCUT2D eigenvalue weighted by Crippen LogP contribution is -2.21. The van der Waals surface area contributed by atoms with E-state index in [9.17, 15) is 14.0 Å². The molecule has 0 aliphatic heterocycles. The van der Waals surface area contributed by atoms with E-state index in [2.05, 4.69) is 25.9 Å². The van der Waals surface area contributed by atoms with E-state index in [1.807, 2.05) is 48.5 Å². The van der Waals surface area contributed by atoms with Gasteiger partial charge >= 0.3 is 6.03 Å². The Kier molecular flexibility index (Phi) is 6.34.